The topological polar surface area (TPSA) is 8.88 Å². The minimum atomic E-state index is 0.958. The van der Waals surface area contributed by atoms with Crippen molar-refractivity contribution in [3.05, 3.63) is 35.4 Å². The molecule has 0 bridgehead atoms. The molecule has 2 N–H and O–H groups in total. The molecule has 21 heavy (non-hydrogen) atoms. The van der Waals surface area contributed by atoms with Crippen LogP contribution in [0.4, 0.5) is 0 Å². The minimum absolute atomic E-state index is 0.958. The third-order valence-corrected chi connectivity index (χ3v) is 5.76. The molecular formula is C19H32N2+2. The number of rotatable bonds is 3. The van der Waals surface area contributed by atoms with Gasteiger partial charge in [0.1, 0.15) is 6.54 Å². The summed E-state index contributed by atoms with van der Waals surface area (Å²) in [5, 5.41) is 0. The van der Waals surface area contributed by atoms with Crippen molar-refractivity contribution in [1.29, 1.82) is 0 Å². The molecule has 2 fully saturated rings. The third kappa shape index (κ3) is 4.08. The van der Waals surface area contributed by atoms with Gasteiger partial charge in [-0.25, -0.2) is 0 Å². The normalized spacial score (nSPS) is 33.8. The van der Waals surface area contributed by atoms with E-state index in [9.17, 15) is 0 Å². The molecule has 0 radical (unpaired) electrons. The molecule has 0 unspecified atom stereocenters. The summed E-state index contributed by atoms with van der Waals surface area (Å²) in [6, 6.07) is 10.1. The quantitative estimate of drug-likeness (QED) is 0.816. The highest BCUT2D eigenvalue weighted by molar-refractivity contribution is 5.20. The number of hydrogen-bond acceptors (Lipinski definition) is 0. The van der Waals surface area contributed by atoms with E-state index in [0.29, 0.717) is 0 Å². The molecule has 2 heterocycles. The van der Waals surface area contributed by atoms with Crippen molar-refractivity contribution < 1.29 is 9.80 Å². The molecule has 2 saturated heterocycles. The third-order valence-electron chi connectivity index (χ3n) is 5.76. The van der Waals surface area contributed by atoms with Crippen LogP contribution in [0.5, 0.6) is 0 Å². The second-order valence-corrected chi connectivity index (χ2v) is 7.53. The molecule has 2 nitrogen and oxygen atoms in total. The maximum atomic E-state index is 2.42. The van der Waals surface area contributed by atoms with E-state index in [4.69, 9.17) is 0 Å². The van der Waals surface area contributed by atoms with Crippen LogP contribution < -0.4 is 9.80 Å². The highest BCUT2D eigenvalue weighted by atomic mass is 15.2. The van der Waals surface area contributed by atoms with Crippen LogP contribution in [0.3, 0.4) is 0 Å². The van der Waals surface area contributed by atoms with E-state index in [1.54, 1.807) is 4.90 Å². The first kappa shape index (κ1) is 15.1. The van der Waals surface area contributed by atoms with Crippen LogP contribution in [0.2, 0.25) is 0 Å². The van der Waals surface area contributed by atoms with Gasteiger partial charge in [0.15, 0.2) is 0 Å². The molecule has 0 spiro atoms. The minimum Gasteiger partial charge on any atom is -0.332 e. The van der Waals surface area contributed by atoms with Crippen molar-refractivity contribution in [3.63, 3.8) is 0 Å². The van der Waals surface area contributed by atoms with E-state index in [2.05, 4.69) is 38.1 Å². The van der Waals surface area contributed by atoms with Crippen molar-refractivity contribution in [2.45, 2.75) is 52.1 Å². The predicted octanol–water partition coefficient (Wildman–Crippen LogP) is 0.857. The number of benzene rings is 1. The summed E-state index contributed by atoms with van der Waals surface area (Å²) in [6.07, 6.45) is 5.77. The molecule has 0 saturated carbocycles. The standard InChI is InChI=1S/C19H30N2/c1-16-3-5-18(6-4-16)15-20-11-9-19(10-12-20)21-13-7-17(2)8-14-21/h3-6,17,19H,7-15H2,1-2H3/p+2. The number of nitrogens with one attached hydrogen (secondary N) is 2. The lowest BCUT2D eigenvalue weighted by Gasteiger charge is -2.37. The molecule has 3 rings (SSSR count). The van der Waals surface area contributed by atoms with Crippen LogP contribution in [0, 0.1) is 12.8 Å². The summed E-state index contributed by atoms with van der Waals surface area (Å²) in [7, 11) is 0. The van der Waals surface area contributed by atoms with Crippen molar-refractivity contribution in [2.24, 2.45) is 5.92 Å². The van der Waals surface area contributed by atoms with Gasteiger partial charge in [-0.15, -0.1) is 0 Å². The Balaban J connectivity index is 1.45. The molecule has 2 aliphatic heterocycles. The average molecular weight is 288 g/mol. The number of likely N-dealkylation sites (tertiary alicyclic amines) is 2. The van der Waals surface area contributed by atoms with Crippen molar-refractivity contribution in [2.75, 3.05) is 26.2 Å². The van der Waals surface area contributed by atoms with E-state index >= 15 is 0 Å². The number of piperidine rings is 2. The Kier molecular flexibility index (Phi) is 4.97. The molecule has 2 heteroatoms. The Hall–Kier alpha value is -0.860. The van der Waals surface area contributed by atoms with Gasteiger partial charge in [0.25, 0.3) is 0 Å². The van der Waals surface area contributed by atoms with Crippen LogP contribution in [0.1, 0.15) is 43.7 Å². The maximum Gasteiger partial charge on any atom is 0.103 e. The summed E-state index contributed by atoms with van der Waals surface area (Å²) in [6.45, 7) is 11.4. The number of hydrogen-bond donors (Lipinski definition) is 2. The lowest BCUT2D eigenvalue weighted by atomic mass is 9.95. The second-order valence-electron chi connectivity index (χ2n) is 7.53. The fraction of sp³-hybridized carbons (Fsp3) is 0.684. The summed E-state index contributed by atoms with van der Waals surface area (Å²) >= 11 is 0. The second kappa shape index (κ2) is 6.93. The van der Waals surface area contributed by atoms with Gasteiger partial charge in [-0.3, -0.25) is 0 Å². The van der Waals surface area contributed by atoms with Crippen LogP contribution in [0.25, 0.3) is 0 Å². The Bertz CT molecular complexity index is 423. The zero-order valence-corrected chi connectivity index (χ0v) is 13.8. The molecule has 0 aliphatic carbocycles. The van der Waals surface area contributed by atoms with Gasteiger partial charge < -0.3 is 9.80 Å². The molecule has 2 aliphatic rings. The molecule has 0 amide bonds. The van der Waals surface area contributed by atoms with Gasteiger partial charge in [-0.1, -0.05) is 36.8 Å². The van der Waals surface area contributed by atoms with Crippen molar-refractivity contribution in [1.82, 2.24) is 0 Å². The summed E-state index contributed by atoms with van der Waals surface area (Å²) in [5.74, 6) is 0.973. The number of quaternary nitrogens is 2. The lowest BCUT2D eigenvalue weighted by Crippen LogP contribution is -3.20. The van der Waals surface area contributed by atoms with E-state index < -0.39 is 0 Å². The SMILES string of the molecule is Cc1ccc(C[NH+]2CCC([NH+]3CCC(C)CC3)CC2)cc1. The van der Waals surface area contributed by atoms with Crippen molar-refractivity contribution in [3.8, 4) is 0 Å². The first-order valence-corrected chi connectivity index (χ1v) is 8.94. The summed E-state index contributed by atoms with van der Waals surface area (Å²) in [5.41, 5.74) is 2.88. The Morgan fingerprint density at radius 2 is 1.52 bits per heavy atom. The first-order chi connectivity index (χ1) is 10.2. The van der Waals surface area contributed by atoms with Gasteiger partial charge in [-0.05, 0) is 25.7 Å². The van der Waals surface area contributed by atoms with Crippen LogP contribution in [-0.2, 0) is 6.54 Å². The van der Waals surface area contributed by atoms with Gasteiger partial charge in [0.2, 0.25) is 0 Å². The highest BCUT2D eigenvalue weighted by Gasteiger charge is 2.31. The Morgan fingerprint density at radius 3 is 2.14 bits per heavy atom. The fourth-order valence-electron chi connectivity index (χ4n) is 4.15. The van der Waals surface area contributed by atoms with Crippen molar-refractivity contribution >= 4 is 0 Å². The molecule has 0 atom stereocenters. The monoisotopic (exact) mass is 288 g/mol. The predicted molar refractivity (Wildman–Crippen MR) is 87.7 cm³/mol. The van der Waals surface area contributed by atoms with Crippen LogP contribution in [-0.4, -0.2) is 32.2 Å². The number of aryl methyl sites for hydroxylation is 1. The molecule has 1 aromatic carbocycles. The van der Waals surface area contributed by atoms with E-state index in [0.717, 1.165) is 12.0 Å². The zero-order valence-electron chi connectivity index (χ0n) is 13.8. The van der Waals surface area contributed by atoms with Crippen LogP contribution in [0.15, 0.2) is 24.3 Å². The van der Waals surface area contributed by atoms with E-state index in [-0.39, 0.29) is 0 Å². The average Bonchev–Trinajstić information content (AvgIpc) is 2.51. The molecule has 1 aromatic rings. The summed E-state index contributed by atoms with van der Waals surface area (Å²) < 4.78 is 0. The van der Waals surface area contributed by atoms with Gasteiger partial charge >= 0.3 is 0 Å². The van der Waals surface area contributed by atoms with E-state index in [1.165, 1.54) is 69.5 Å². The van der Waals surface area contributed by atoms with Crippen LogP contribution >= 0.6 is 0 Å². The van der Waals surface area contributed by atoms with Gasteiger partial charge in [0, 0.05) is 18.4 Å². The van der Waals surface area contributed by atoms with E-state index in [1.807, 2.05) is 4.90 Å². The largest absolute Gasteiger partial charge is 0.332 e. The smallest absolute Gasteiger partial charge is 0.103 e. The fourth-order valence-corrected chi connectivity index (χ4v) is 4.15. The van der Waals surface area contributed by atoms with Gasteiger partial charge in [0.05, 0.1) is 32.2 Å². The molecule has 0 aromatic heterocycles. The Labute approximate surface area is 130 Å². The lowest BCUT2D eigenvalue weighted by molar-refractivity contribution is -0.966. The molecular weight excluding hydrogens is 256 g/mol. The highest BCUT2D eigenvalue weighted by Crippen LogP contribution is 2.09. The summed E-state index contributed by atoms with van der Waals surface area (Å²) in [4.78, 5) is 3.71. The molecule has 116 valence electrons. The maximum absolute atomic E-state index is 2.42. The van der Waals surface area contributed by atoms with Gasteiger partial charge in [-0.2, -0.15) is 0 Å². The first-order valence-electron chi connectivity index (χ1n) is 8.94. The zero-order chi connectivity index (χ0) is 14.7. The Morgan fingerprint density at radius 1 is 0.905 bits per heavy atom.